The Hall–Kier alpha value is -0.940. The number of imidazole rings is 1. The highest BCUT2D eigenvalue weighted by Gasteiger charge is 2.14. The lowest BCUT2D eigenvalue weighted by Crippen LogP contribution is -2.29. The molecule has 1 fully saturated rings. The van der Waals surface area contributed by atoms with Gasteiger partial charge in [0.1, 0.15) is 10.1 Å². The Labute approximate surface area is 109 Å². The third-order valence-electron chi connectivity index (χ3n) is 3.39. The molecule has 90 valence electrons. The lowest BCUT2D eigenvalue weighted by atomic mass is 9.98. The molecule has 0 amide bonds. The molecule has 0 unspecified atom stereocenters. The van der Waals surface area contributed by atoms with Gasteiger partial charge in [-0.25, -0.2) is 9.97 Å². The highest BCUT2D eigenvalue weighted by Crippen LogP contribution is 2.20. The summed E-state index contributed by atoms with van der Waals surface area (Å²) in [6.07, 6.45) is 6.26. The van der Waals surface area contributed by atoms with E-state index in [0.717, 1.165) is 35.7 Å². The molecule has 5 heteroatoms. The van der Waals surface area contributed by atoms with E-state index in [-0.39, 0.29) is 0 Å². The fourth-order valence-electron chi connectivity index (χ4n) is 2.42. The Morgan fingerprint density at radius 3 is 3.00 bits per heavy atom. The molecule has 0 aliphatic carbocycles. The minimum atomic E-state index is 0.764. The third kappa shape index (κ3) is 2.35. The summed E-state index contributed by atoms with van der Waals surface area (Å²) in [5, 5.41) is 3.40. The Balaban J connectivity index is 1.86. The minimum absolute atomic E-state index is 0.764. The van der Waals surface area contributed by atoms with Gasteiger partial charge in [-0.05, 0) is 53.8 Å². The van der Waals surface area contributed by atoms with Crippen molar-refractivity contribution in [3.63, 3.8) is 0 Å². The molecule has 0 atom stereocenters. The maximum Gasteiger partial charge on any atom is 0.108 e. The monoisotopic (exact) mass is 294 g/mol. The number of hydrogen-bond donors (Lipinski definition) is 1. The first-order valence-corrected chi connectivity index (χ1v) is 6.79. The van der Waals surface area contributed by atoms with Crippen molar-refractivity contribution in [3.05, 3.63) is 23.2 Å². The first-order chi connectivity index (χ1) is 8.33. The average Bonchev–Trinajstić information content (AvgIpc) is 2.73. The molecule has 4 nitrogen and oxygen atoms in total. The van der Waals surface area contributed by atoms with Crippen LogP contribution in [0, 0.1) is 5.92 Å². The van der Waals surface area contributed by atoms with Gasteiger partial charge in [0.15, 0.2) is 0 Å². The molecule has 1 saturated heterocycles. The number of fused-ring (bicyclic) bond motifs is 1. The van der Waals surface area contributed by atoms with E-state index in [9.17, 15) is 0 Å². The zero-order valence-corrected chi connectivity index (χ0v) is 11.2. The summed E-state index contributed by atoms with van der Waals surface area (Å²) < 4.78 is 3.12. The summed E-state index contributed by atoms with van der Waals surface area (Å²) in [4.78, 5) is 8.59. The summed E-state index contributed by atoms with van der Waals surface area (Å²) in [7, 11) is 0. The highest BCUT2D eigenvalue weighted by atomic mass is 79.9. The molecule has 2 aromatic rings. The summed E-state index contributed by atoms with van der Waals surface area (Å²) in [6, 6.07) is 2.05. The molecular formula is C12H15BrN4. The van der Waals surface area contributed by atoms with Gasteiger partial charge >= 0.3 is 0 Å². The van der Waals surface area contributed by atoms with Crippen molar-refractivity contribution < 1.29 is 0 Å². The predicted molar refractivity (Wildman–Crippen MR) is 70.8 cm³/mol. The molecule has 0 aromatic carbocycles. The molecule has 0 bridgehead atoms. The van der Waals surface area contributed by atoms with Crippen LogP contribution in [-0.4, -0.2) is 27.6 Å². The molecular weight excluding hydrogens is 280 g/mol. The largest absolute Gasteiger partial charge is 0.330 e. The molecule has 3 rings (SSSR count). The van der Waals surface area contributed by atoms with Crippen molar-refractivity contribution in [1.82, 2.24) is 19.9 Å². The van der Waals surface area contributed by atoms with Gasteiger partial charge in [-0.15, -0.1) is 0 Å². The van der Waals surface area contributed by atoms with Crippen LogP contribution >= 0.6 is 15.9 Å². The quantitative estimate of drug-likeness (QED) is 0.864. The van der Waals surface area contributed by atoms with Gasteiger partial charge in [0.25, 0.3) is 0 Å². The summed E-state index contributed by atoms with van der Waals surface area (Å²) in [5.74, 6) is 0.764. The van der Waals surface area contributed by atoms with Crippen molar-refractivity contribution in [1.29, 1.82) is 0 Å². The van der Waals surface area contributed by atoms with Gasteiger partial charge in [-0.2, -0.15) is 0 Å². The number of pyridine rings is 1. The Morgan fingerprint density at radius 2 is 2.18 bits per heavy atom. The van der Waals surface area contributed by atoms with Gasteiger partial charge in [0.05, 0.1) is 18.0 Å². The maximum absolute atomic E-state index is 4.39. The molecule has 0 radical (unpaired) electrons. The number of nitrogens with zero attached hydrogens (tertiary/aromatic N) is 3. The smallest absolute Gasteiger partial charge is 0.108 e. The number of hydrogen-bond acceptors (Lipinski definition) is 3. The van der Waals surface area contributed by atoms with Gasteiger partial charge < -0.3 is 9.88 Å². The van der Waals surface area contributed by atoms with E-state index in [1.165, 1.54) is 18.4 Å². The van der Waals surface area contributed by atoms with E-state index < -0.39 is 0 Å². The van der Waals surface area contributed by atoms with E-state index in [1.54, 1.807) is 0 Å². The molecule has 1 aliphatic rings. The van der Waals surface area contributed by atoms with E-state index >= 15 is 0 Å². The molecule has 0 spiro atoms. The zero-order valence-electron chi connectivity index (χ0n) is 9.56. The summed E-state index contributed by atoms with van der Waals surface area (Å²) in [5.41, 5.74) is 2.15. The van der Waals surface area contributed by atoms with E-state index in [4.69, 9.17) is 0 Å². The molecule has 1 aliphatic heterocycles. The van der Waals surface area contributed by atoms with Gasteiger partial charge in [0, 0.05) is 6.54 Å². The predicted octanol–water partition coefficient (Wildman–Crippen LogP) is 2.19. The first-order valence-electron chi connectivity index (χ1n) is 6.00. The minimum Gasteiger partial charge on any atom is -0.330 e. The van der Waals surface area contributed by atoms with Crippen LogP contribution in [0.25, 0.3) is 11.0 Å². The van der Waals surface area contributed by atoms with Crippen LogP contribution in [0.3, 0.4) is 0 Å². The van der Waals surface area contributed by atoms with Crippen LogP contribution in [0.4, 0.5) is 0 Å². The van der Waals surface area contributed by atoms with Crippen LogP contribution in [0.2, 0.25) is 0 Å². The van der Waals surface area contributed by atoms with Gasteiger partial charge in [-0.1, -0.05) is 0 Å². The second kappa shape index (κ2) is 4.74. The van der Waals surface area contributed by atoms with E-state index in [2.05, 4.69) is 35.8 Å². The molecule has 1 N–H and O–H groups in total. The third-order valence-corrected chi connectivity index (χ3v) is 3.82. The lowest BCUT2D eigenvalue weighted by molar-refractivity contribution is 0.336. The number of halogens is 1. The van der Waals surface area contributed by atoms with Crippen molar-refractivity contribution in [3.8, 4) is 0 Å². The van der Waals surface area contributed by atoms with Crippen LogP contribution in [0.15, 0.2) is 23.2 Å². The highest BCUT2D eigenvalue weighted by molar-refractivity contribution is 9.10. The Morgan fingerprint density at radius 1 is 1.35 bits per heavy atom. The molecule has 2 aromatic heterocycles. The molecule has 3 heterocycles. The van der Waals surface area contributed by atoms with Crippen LogP contribution in [0.5, 0.6) is 0 Å². The van der Waals surface area contributed by atoms with Crippen molar-refractivity contribution in [2.75, 3.05) is 13.1 Å². The lowest BCUT2D eigenvalue weighted by Gasteiger charge is -2.23. The fourth-order valence-corrected chi connectivity index (χ4v) is 2.74. The van der Waals surface area contributed by atoms with Crippen molar-refractivity contribution in [2.45, 2.75) is 19.4 Å². The van der Waals surface area contributed by atoms with E-state index in [1.807, 2.05) is 18.6 Å². The standard InChI is InChI=1S/C12H15BrN4/c13-12-5-11-10(6-15-12)16-8-17(11)7-9-1-3-14-4-2-9/h5-6,8-9,14H,1-4,7H2. The number of rotatable bonds is 2. The number of piperidine rings is 1. The average molecular weight is 295 g/mol. The Bertz CT molecular complexity index is 516. The second-order valence-corrected chi connectivity index (χ2v) is 5.40. The second-order valence-electron chi connectivity index (χ2n) is 4.59. The van der Waals surface area contributed by atoms with Crippen molar-refractivity contribution >= 4 is 27.0 Å². The zero-order chi connectivity index (χ0) is 11.7. The van der Waals surface area contributed by atoms with E-state index in [0.29, 0.717) is 0 Å². The number of nitrogens with one attached hydrogen (secondary N) is 1. The topological polar surface area (TPSA) is 42.7 Å². The summed E-state index contributed by atoms with van der Waals surface area (Å²) in [6.45, 7) is 3.35. The molecule has 17 heavy (non-hydrogen) atoms. The van der Waals surface area contributed by atoms with Crippen LogP contribution in [-0.2, 0) is 6.54 Å². The normalized spacial score (nSPS) is 17.7. The van der Waals surface area contributed by atoms with Crippen LogP contribution < -0.4 is 5.32 Å². The fraction of sp³-hybridized carbons (Fsp3) is 0.500. The molecule has 0 saturated carbocycles. The van der Waals surface area contributed by atoms with Gasteiger partial charge in [0.2, 0.25) is 0 Å². The summed E-state index contributed by atoms with van der Waals surface area (Å²) >= 11 is 3.41. The van der Waals surface area contributed by atoms with Crippen molar-refractivity contribution in [2.24, 2.45) is 5.92 Å². The SMILES string of the molecule is Brc1cc2c(cn1)ncn2CC1CCNCC1. The number of aromatic nitrogens is 3. The van der Waals surface area contributed by atoms with Gasteiger partial charge in [-0.3, -0.25) is 0 Å². The Kier molecular flexibility index (Phi) is 3.11. The maximum atomic E-state index is 4.39. The van der Waals surface area contributed by atoms with Crippen LogP contribution in [0.1, 0.15) is 12.8 Å². The first kappa shape index (κ1) is 11.2.